The molecule has 2 N–H and O–H groups in total. The van der Waals surface area contributed by atoms with Gasteiger partial charge < -0.3 is 10.2 Å². The zero-order valence-corrected chi connectivity index (χ0v) is 9.91. The van der Waals surface area contributed by atoms with E-state index in [2.05, 4.69) is 9.88 Å². The first kappa shape index (κ1) is 11.8. The number of aromatic nitrogens is 1. The number of hydrogen-bond donors (Lipinski definition) is 1. The number of nitrogens with zero attached hydrogens (tertiary/aromatic N) is 2. The fourth-order valence-electron chi connectivity index (χ4n) is 1.91. The van der Waals surface area contributed by atoms with Gasteiger partial charge in [-0.2, -0.15) is 0 Å². The molecule has 1 unspecified atom stereocenters. The van der Waals surface area contributed by atoms with Crippen LogP contribution in [0.15, 0.2) is 47.3 Å². The Balaban J connectivity index is 2.08. The van der Waals surface area contributed by atoms with Crippen LogP contribution in [0, 0.1) is 0 Å². The van der Waals surface area contributed by atoms with E-state index in [1.165, 1.54) is 5.56 Å². The molecule has 0 amide bonds. The van der Waals surface area contributed by atoms with Crippen molar-refractivity contribution in [1.29, 1.82) is 0 Å². The van der Waals surface area contributed by atoms with Gasteiger partial charge in [-0.3, -0.25) is 9.88 Å². The van der Waals surface area contributed by atoms with Crippen LogP contribution in [0.25, 0.3) is 0 Å². The minimum Gasteiger partial charge on any atom is -0.468 e. The highest BCUT2D eigenvalue weighted by Gasteiger charge is 2.16. The molecular formula is C13H17N3O. The highest BCUT2D eigenvalue weighted by atomic mass is 16.3. The van der Waals surface area contributed by atoms with Gasteiger partial charge in [0.05, 0.1) is 12.8 Å². The summed E-state index contributed by atoms with van der Waals surface area (Å²) in [5.41, 5.74) is 7.02. The summed E-state index contributed by atoms with van der Waals surface area (Å²) in [6, 6.07) is 8.04. The Morgan fingerprint density at radius 1 is 1.35 bits per heavy atom. The molecule has 0 saturated carbocycles. The van der Waals surface area contributed by atoms with Crippen LogP contribution in [0.2, 0.25) is 0 Å². The molecule has 0 saturated heterocycles. The molecule has 0 aliphatic carbocycles. The molecule has 2 heterocycles. The Hall–Kier alpha value is -1.65. The van der Waals surface area contributed by atoms with Crippen LogP contribution in [-0.4, -0.2) is 23.5 Å². The summed E-state index contributed by atoms with van der Waals surface area (Å²) in [5.74, 6) is 0.944. The monoisotopic (exact) mass is 231 g/mol. The normalized spacial score (nSPS) is 12.9. The summed E-state index contributed by atoms with van der Waals surface area (Å²) >= 11 is 0. The summed E-state index contributed by atoms with van der Waals surface area (Å²) < 4.78 is 5.34. The van der Waals surface area contributed by atoms with Crippen LogP contribution in [0.4, 0.5) is 0 Å². The number of hydrogen-bond acceptors (Lipinski definition) is 4. The SMILES string of the molecule is CN(Cc1ccco1)C(CN)c1ccncc1. The van der Waals surface area contributed by atoms with Gasteiger partial charge in [0, 0.05) is 25.0 Å². The Bertz CT molecular complexity index is 427. The van der Waals surface area contributed by atoms with E-state index in [-0.39, 0.29) is 6.04 Å². The van der Waals surface area contributed by atoms with Crippen molar-refractivity contribution in [2.75, 3.05) is 13.6 Å². The van der Waals surface area contributed by atoms with Crippen molar-refractivity contribution in [1.82, 2.24) is 9.88 Å². The first-order chi connectivity index (χ1) is 8.31. The average Bonchev–Trinajstić information content (AvgIpc) is 2.84. The largest absolute Gasteiger partial charge is 0.468 e. The lowest BCUT2D eigenvalue weighted by atomic mass is 10.1. The van der Waals surface area contributed by atoms with E-state index < -0.39 is 0 Å². The van der Waals surface area contributed by atoms with Crippen LogP contribution in [0.3, 0.4) is 0 Å². The Kier molecular flexibility index (Phi) is 3.90. The van der Waals surface area contributed by atoms with Crippen molar-refractivity contribution in [3.8, 4) is 0 Å². The third-order valence-electron chi connectivity index (χ3n) is 2.83. The molecule has 0 radical (unpaired) electrons. The van der Waals surface area contributed by atoms with E-state index in [4.69, 9.17) is 10.2 Å². The maximum Gasteiger partial charge on any atom is 0.117 e. The molecule has 2 aromatic heterocycles. The first-order valence-corrected chi connectivity index (χ1v) is 5.64. The number of pyridine rings is 1. The van der Waals surface area contributed by atoms with Crippen molar-refractivity contribution in [2.24, 2.45) is 5.73 Å². The predicted molar refractivity (Wildman–Crippen MR) is 66.2 cm³/mol. The summed E-state index contributed by atoms with van der Waals surface area (Å²) in [6.45, 7) is 1.32. The van der Waals surface area contributed by atoms with Gasteiger partial charge in [-0.05, 0) is 36.9 Å². The van der Waals surface area contributed by atoms with Gasteiger partial charge in [0.1, 0.15) is 5.76 Å². The molecule has 2 rings (SSSR count). The summed E-state index contributed by atoms with van der Waals surface area (Å²) in [4.78, 5) is 6.19. The first-order valence-electron chi connectivity index (χ1n) is 5.64. The second-order valence-electron chi connectivity index (χ2n) is 4.03. The topological polar surface area (TPSA) is 55.3 Å². The standard InChI is InChI=1S/C13H17N3O/c1-16(10-12-3-2-8-17-12)13(9-14)11-4-6-15-7-5-11/h2-8,13H,9-10,14H2,1H3. The van der Waals surface area contributed by atoms with E-state index in [9.17, 15) is 0 Å². The maximum atomic E-state index is 5.84. The van der Waals surface area contributed by atoms with E-state index in [1.807, 2.05) is 31.3 Å². The lowest BCUT2D eigenvalue weighted by molar-refractivity contribution is 0.223. The fraction of sp³-hybridized carbons (Fsp3) is 0.308. The van der Waals surface area contributed by atoms with Crippen molar-refractivity contribution in [3.05, 3.63) is 54.2 Å². The smallest absolute Gasteiger partial charge is 0.117 e. The van der Waals surface area contributed by atoms with Crippen LogP contribution in [0.5, 0.6) is 0 Å². The number of rotatable bonds is 5. The molecule has 17 heavy (non-hydrogen) atoms. The van der Waals surface area contributed by atoms with E-state index >= 15 is 0 Å². The summed E-state index contributed by atoms with van der Waals surface area (Å²) in [7, 11) is 2.04. The Morgan fingerprint density at radius 3 is 2.71 bits per heavy atom. The second kappa shape index (κ2) is 5.61. The molecular weight excluding hydrogens is 214 g/mol. The quantitative estimate of drug-likeness (QED) is 0.852. The molecule has 4 nitrogen and oxygen atoms in total. The zero-order valence-electron chi connectivity index (χ0n) is 9.91. The molecule has 4 heteroatoms. The Morgan fingerprint density at radius 2 is 2.12 bits per heavy atom. The number of nitrogens with two attached hydrogens (primary N) is 1. The van der Waals surface area contributed by atoms with Crippen LogP contribution < -0.4 is 5.73 Å². The van der Waals surface area contributed by atoms with Gasteiger partial charge in [0.2, 0.25) is 0 Å². The highest BCUT2D eigenvalue weighted by Crippen LogP contribution is 2.19. The van der Waals surface area contributed by atoms with Gasteiger partial charge in [-0.1, -0.05) is 0 Å². The lowest BCUT2D eigenvalue weighted by Crippen LogP contribution is -2.30. The third-order valence-corrected chi connectivity index (χ3v) is 2.83. The van der Waals surface area contributed by atoms with Crippen molar-refractivity contribution in [2.45, 2.75) is 12.6 Å². The molecule has 0 bridgehead atoms. The summed E-state index contributed by atoms with van der Waals surface area (Å²) in [5, 5.41) is 0. The van der Waals surface area contributed by atoms with Gasteiger partial charge in [-0.15, -0.1) is 0 Å². The van der Waals surface area contributed by atoms with Crippen LogP contribution in [0.1, 0.15) is 17.4 Å². The molecule has 90 valence electrons. The van der Waals surface area contributed by atoms with Crippen molar-refractivity contribution < 1.29 is 4.42 Å². The van der Waals surface area contributed by atoms with Gasteiger partial charge in [0.25, 0.3) is 0 Å². The maximum absolute atomic E-state index is 5.84. The highest BCUT2D eigenvalue weighted by molar-refractivity contribution is 5.15. The third kappa shape index (κ3) is 2.93. The second-order valence-corrected chi connectivity index (χ2v) is 4.03. The molecule has 0 aromatic carbocycles. The molecule has 0 aliphatic heterocycles. The average molecular weight is 231 g/mol. The molecule has 0 spiro atoms. The number of likely N-dealkylation sites (N-methyl/N-ethyl adjacent to an activating group) is 1. The van der Waals surface area contributed by atoms with Crippen molar-refractivity contribution in [3.63, 3.8) is 0 Å². The summed E-state index contributed by atoms with van der Waals surface area (Å²) in [6.07, 6.45) is 5.27. The molecule has 0 fully saturated rings. The van der Waals surface area contributed by atoms with E-state index in [0.29, 0.717) is 6.54 Å². The minimum absolute atomic E-state index is 0.183. The molecule has 2 aromatic rings. The minimum atomic E-state index is 0.183. The van der Waals surface area contributed by atoms with Crippen LogP contribution in [-0.2, 0) is 6.54 Å². The number of furan rings is 1. The van der Waals surface area contributed by atoms with E-state index in [0.717, 1.165) is 12.3 Å². The molecule has 0 aliphatic rings. The lowest BCUT2D eigenvalue weighted by Gasteiger charge is -2.26. The predicted octanol–water partition coefficient (Wildman–Crippen LogP) is 1.81. The van der Waals surface area contributed by atoms with Gasteiger partial charge in [0.15, 0.2) is 0 Å². The van der Waals surface area contributed by atoms with E-state index in [1.54, 1.807) is 18.7 Å². The molecule has 1 atom stereocenters. The van der Waals surface area contributed by atoms with Crippen molar-refractivity contribution >= 4 is 0 Å². The fourth-order valence-corrected chi connectivity index (χ4v) is 1.91. The van der Waals surface area contributed by atoms with Gasteiger partial charge >= 0.3 is 0 Å². The zero-order chi connectivity index (χ0) is 12.1. The van der Waals surface area contributed by atoms with Crippen LogP contribution >= 0.6 is 0 Å². The Labute approximate surface area is 101 Å². The van der Waals surface area contributed by atoms with Gasteiger partial charge in [-0.25, -0.2) is 0 Å².